The highest BCUT2D eigenvalue weighted by Crippen LogP contribution is 2.23. The van der Waals surface area contributed by atoms with Gasteiger partial charge >= 0.3 is 5.97 Å². The van der Waals surface area contributed by atoms with Gasteiger partial charge in [-0.05, 0) is 36.2 Å². The molecule has 0 fully saturated rings. The molecular formula is C15H13NO6. The number of hydrogen-bond donors (Lipinski definition) is 1. The lowest BCUT2D eigenvalue weighted by molar-refractivity contribution is -0.763. The molecule has 1 N–H and O–H groups in total. The largest absolute Gasteiger partial charge is 0.507 e. The molecule has 0 spiro atoms. The number of aromatic hydroxyl groups is 1. The molecule has 114 valence electrons. The molecule has 0 saturated carbocycles. The summed E-state index contributed by atoms with van der Waals surface area (Å²) in [6.07, 6.45) is 0. The van der Waals surface area contributed by atoms with Crippen LogP contribution in [0.5, 0.6) is 11.5 Å². The van der Waals surface area contributed by atoms with E-state index in [1.807, 2.05) is 0 Å². The van der Waals surface area contributed by atoms with E-state index in [0.29, 0.717) is 11.1 Å². The lowest BCUT2D eigenvalue weighted by Crippen LogP contribution is -2.09. The van der Waals surface area contributed by atoms with Crippen molar-refractivity contribution in [2.24, 2.45) is 0 Å². The van der Waals surface area contributed by atoms with Crippen LogP contribution in [0.1, 0.15) is 21.5 Å². The Bertz CT molecular complexity index is 713. The molecule has 7 nitrogen and oxygen atoms in total. The van der Waals surface area contributed by atoms with Crippen molar-refractivity contribution in [1.29, 1.82) is 0 Å². The summed E-state index contributed by atoms with van der Waals surface area (Å²) in [5.74, 6) is -0.649. The van der Waals surface area contributed by atoms with E-state index < -0.39 is 11.1 Å². The summed E-state index contributed by atoms with van der Waals surface area (Å²) in [4.78, 5) is 26.5. The third-order valence-corrected chi connectivity index (χ3v) is 2.90. The number of hydrogen-bond acceptors (Lipinski definition) is 6. The summed E-state index contributed by atoms with van der Waals surface area (Å²) in [7, 11) is 0. The molecule has 0 atom stereocenters. The minimum atomic E-state index is -0.899. The second-order valence-corrected chi connectivity index (χ2v) is 4.51. The molecule has 0 saturated heterocycles. The Morgan fingerprint density at radius 1 is 1.27 bits per heavy atom. The topological polar surface area (TPSA) is 98.9 Å². The SMILES string of the molecule is Cc1cccc(C(=O)Oc2cccc(CO[N+](=O)[O-])c2)c1O. The van der Waals surface area contributed by atoms with Gasteiger partial charge in [-0.2, -0.15) is 0 Å². The van der Waals surface area contributed by atoms with Crippen LogP contribution in [0.25, 0.3) is 0 Å². The van der Waals surface area contributed by atoms with Crippen LogP contribution in [0.3, 0.4) is 0 Å². The summed E-state index contributed by atoms with van der Waals surface area (Å²) in [5.41, 5.74) is 1.09. The van der Waals surface area contributed by atoms with Crippen molar-refractivity contribution in [3.05, 3.63) is 69.3 Å². The standard InChI is InChI=1S/C15H13NO6/c1-10-4-2-7-13(14(10)17)15(18)22-12-6-3-5-11(8-12)9-21-16(19)20/h2-8,17H,9H2,1H3. The zero-order valence-corrected chi connectivity index (χ0v) is 11.7. The van der Waals surface area contributed by atoms with Gasteiger partial charge in [0.1, 0.15) is 23.7 Å². The maximum Gasteiger partial charge on any atom is 0.347 e. The van der Waals surface area contributed by atoms with Crippen LogP contribution in [0, 0.1) is 17.0 Å². The predicted octanol–water partition coefficient (Wildman–Crippen LogP) is 2.63. The van der Waals surface area contributed by atoms with E-state index in [0.717, 1.165) is 0 Å². The van der Waals surface area contributed by atoms with Crippen molar-refractivity contribution in [2.45, 2.75) is 13.5 Å². The minimum absolute atomic E-state index is 0.0481. The van der Waals surface area contributed by atoms with Crippen LogP contribution in [-0.2, 0) is 11.4 Å². The zero-order valence-electron chi connectivity index (χ0n) is 11.7. The van der Waals surface area contributed by atoms with E-state index in [-0.39, 0.29) is 23.7 Å². The predicted molar refractivity (Wildman–Crippen MR) is 76.0 cm³/mol. The fourth-order valence-electron chi connectivity index (χ4n) is 1.81. The van der Waals surface area contributed by atoms with Gasteiger partial charge in [0.2, 0.25) is 0 Å². The summed E-state index contributed by atoms with van der Waals surface area (Å²) >= 11 is 0. The minimum Gasteiger partial charge on any atom is -0.507 e. The number of aryl methyl sites for hydroxylation is 1. The van der Waals surface area contributed by atoms with Gasteiger partial charge in [-0.1, -0.05) is 24.3 Å². The molecule has 2 rings (SSSR count). The number of phenolic OH excluding ortho intramolecular Hbond substituents is 1. The quantitative estimate of drug-likeness (QED) is 0.394. The third-order valence-electron chi connectivity index (χ3n) is 2.90. The number of esters is 1. The van der Waals surface area contributed by atoms with Crippen LogP contribution in [0.4, 0.5) is 0 Å². The van der Waals surface area contributed by atoms with Gasteiger partial charge < -0.3 is 14.7 Å². The lowest BCUT2D eigenvalue weighted by atomic mass is 10.1. The highest BCUT2D eigenvalue weighted by atomic mass is 16.9. The average molecular weight is 303 g/mol. The lowest BCUT2D eigenvalue weighted by Gasteiger charge is -2.08. The first-order valence-electron chi connectivity index (χ1n) is 6.34. The van der Waals surface area contributed by atoms with E-state index in [4.69, 9.17) is 4.74 Å². The maximum absolute atomic E-state index is 12.0. The van der Waals surface area contributed by atoms with Crippen LogP contribution < -0.4 is 4.74 Å². The monoisotopic (exact) mass is 303 g/mol. The summed E-state index contributed by atoms with van der Waals surface area (Å²) in [6, 6.07) is 10.9. The molecule has 0 heterocycles. The molecule has 0 unspecified atom stereocenters. The van der Waals surface area contributed by atoms with Gasteiger partial charge in [0.25, 0.3) is 5.09 Å². The molecule has 7 heteroatoms. The number of phenols is 1. The van der Waals surface area contributed by atoms with Crippen molar-refractivity contribution in [3.8, 4) is 11.5 Å². The molecule has 2 aromatic rings. The first-order chi connectivity index (χ1) is 10.5. The first-order valence-corrected chi connectivity index (χ1v) is 6.34. The van der Waals surface area contributed by atoms with Gasteiger partial charge in [-0.25, -0.2) is 4.79 Å². The van der Waals surface area contributed by atoms with Gasteiger partial charge in [-0.15, -0.1) is 10.1 Å². The highest BCUT2D eigenvalue weighted by molar-refractivity contribution is 5.94. The van der Waals surface area contributed by atoms with Crippen LogP contribution in [0.2, 0.25) is 0 Å². The fraction of sp³-hybridized carbons (Fsp3) is 0.133. The Kier molecular flexibility index (Phi) is 4.57. The summed E-state index contributed by atoms with van der Waals surface area (Å²) in [5, 5.41) is 19.1. The molecule has 0 aliphatic rings. The van der Waals surface area contributed by atoms with Crippen LogP contribution >= 0.6 is 0 Å². The second kappa shape index (κ2) is 6.57. The van der Waals surface area contributed by atoms with Crippen LogP contribution in [0.15, 0.2) is 42.5 Å². The van der Waals surface area contributed by atoms with E-state index >= 15 is 0 Å². The van der Waals surface area contributed by atoms with Gasteiger partial charge in [0.05, 0.1) is 0 Å². The third kappa shape index (κ3) is 3.72. The zero-order chi connectivity index (χ0) is 16.1. The Balaban J connectivity index is 2.13. The highest BCUT2D eigenvalue weighted by Gasteiger charge is 2.15. The molecule has 0 bridgehead atoms. The molecule has 0 aliphatic heterocycles. The number of benzene rings is 2. The Morgan fingerprint density at radius 2 is 2.00 bits per heavy atom. The van der Waals surface area contributed by atoms with E-state index in [1.165, 1.54) is 18.2 Å². The number of rotatable bonds is 5. The Morgan fingerprint density at radius 3 is 2.73 bits per heavy atom. The maximum atomic E-state index is 12.0. The van der Waals surface area contributed by atoms with Gasteiger partial charge in [0.15, 0.2) is 0 Å². The Hall–Kier alpha value is -3.09. The van der Waals surface area contributed by atoms with Crippen molar-refractivity contribution < 1.29 is 24.6 Å². The van der Waals surface area contributed by atoms with E-state index in [1.54, 1.807) is 31.2 Å². The molecule has 22 heavy (non-hydrogen) atoms. The fourth-order valence-corrected chi connectivity index (χ4v) is 1.81. The number of nitrogens with zero attached hydrogens (tertiary/aromatic N) is 1. The summed E-state index contributed by atoms with van der Waals surface area (Å²) in [6.45, 7) is 1.43. The van der Waals surface area contributed by atoms with Gasteiger partial charge in [-0.3, -0.25) is 0 Å². The number of ether oxygens (including phenoxy) is 1. The Labute approximate surface area is 125 Å². The van der Waals surface area contributed by atoms with Crippen LogP contribution in [-0.4, -0.2) is 16.2 Å². The van der Waals surface area contributed by atoms with Crippen molar-refractivity contribution >= 4 is 5.97 Å². The number of carbonyl (C=O) groups excluding carboxylic acids is 1. The molecule has 0 amide bonds. The second-order valence-electron chi connectivity index (χ2n) is 4.51. The average Bonchev–Trinajstić information content (AvgIpc) is 2.48. The normalized spacial score (nSPS) is 10.0. The molecule has 0 aliphatic carbocycles. The molecular weight excluding hydrogens is 290 g/mol. The smallest absolute Gasteiger partial charge is 0.347 e. The molecule has 0 aromatic heterocycles. The van der Waals surface area contributed by atoms with E-state index in [2.05, 4.69) is 4.84 Å². The number of carbonyl (C=O) groups is 1. The van der Waals surface area contributed by atoms with Crippen molar-refractivity contribution in [2.75, 3.05) is 0 Å². The van der Waals surface area contributed by atoms with E-state index in [9.17, 15) is 20.0 Å². The van der Waals surface area contributed by atoms with Crippen molar-refractivity contribution in [1.82, 2.24) is 0 Å². The van der Waals surface area contributed by atoms with Crippen molar-refractivity contribution in [3.63, 3.8) is 0 Å². The first kappa shape index (κ1) is 15.3. The number of para-hydroxylation sites is 1. The summed E-state index contributed by atoms with van der Waals surface area (Å²) < 4.78 is 5.16. The van der Waals surface area contributed by atoms with Gasteiger partial charge in [0, 0.05) is 0 Å². The molecule has 2 aromatic carbocycles. The molecule has 0 radical (unpaired) electrons.